The van der Waals surface area contributed by atoms with Gasteiger partial charge in [0.05, 0.1) is 46.5 Å². The summed E-state index contributed by atoms with van der Waals surface area (Å²) in [5.41, 5.74) is 2.36. The molecule has 2 aliphatic rings. The predicted molar refractivity (Wildman–Crippen MR) is 149 cm³/mol. The lowest BCUT2D eigenvalue weighted by Gasteiger charge is -2.25. The molecular weight excluding hydrogens is 516 g/mol. The number of hydrogen-bond donors (Lipinski definition) is 0. The maximum atomic E-state index is 13.9. The van der Waals surface area contributed by atoms with E-state index in [0.717, 1.165) is 0 Å². The molecule has 3 aromatic rings. The van der Waals surface area contributed by atoms with Crippen molar-refractivity contribution >= 4 is 40.7 Å². The van der Waals surface area contributed by atoms with Crippen molar-refractivity contribution in [3.8, 4) is 5.75 Å². The van der Waals surface area contributed by atoms with Crippen LogP contribution in [0.1, 0.15) is 39.3 Å². The maximum absolute atomic E-state index is 13.9. The van der Waals surface area contributed by atoms with Crippen LogP contribution in [0.2, 0.25) is 0 Å². The lowest BCUT2D eigenvalue weighted by atomic mass is 9.95. The first-order valence-electron chi connectivity index (χ1n) is 12.5. The number of para-hydroxylation sites is 1. The second-order valence-corrected chi connectivity index (χ2v) is 10.5. The summed E-state index contributed by atoms with van der Waals surface area (Å²) in [6.45, 7) is 7.04. The number of hydrazone groups is 1. The molecule has 0 radical (unpaired) electrons. The molecule has 0 saturated carbocycles. The average Bonchev–Trinajstić information content (AvgIpc) is 3.38. The molecule has 0 fully saturated rings. The normalized spacial score (nSPS) is 19.2. The monoisotopic (exact) mass is 544 g/mol. The first-order valence-corrected chi connectivity index (χ1v) is 13.3. The number of benzene rings is 2. The van der Waals surface area contributed by atoms with Gasteiger partial charge in [-0.05, 0) is 63.6 Å². The minimum atomic E-state index is -0.754. The molecule has 0 unspecified atom stereocenters. The maximum Gasteiger partial charge on any atom is 0.338 e. The van der Waals surface area contributed by atoms with E-state index in [2.05, 4.69) is 10.1 Å². The summed E-state index contributed by atoms with van der Waals surface area (Å²) in [5.74, 6) is -0.824. The van der Waals surface area contributed by atoms with E-state index >= 15 is 0 Å². The van der Waals surface area contributed by atoms with Gasteiger partial charge < -0.3 is 9.47 Å². The van der Waals surface area contributed by atoms with Crippen LogP contribution >= 0.6 is 11.3 Å². The number of rotatable bonds is 6. The topological polar surface area (TPSA) is 103 Å². The molecule has 200 valence electrons. The number of aromatic nitrogens is 1. The summed E-state index contributed by atoms with van der Waals surface area (Å²) < 4.78 is 12.7. The second kappa shape index (κ2) is 10.5. The number of methoxy groups -OCH3 is 1. The standard InChI is InChI=1S/C29H28N4O5S/c1-16(2)38-28(36)24-18(4)30-29-32(25(24)19-11-13-21(37-5)14-12-19)27(35)23(39-29)15-22-17(3)31-33(26(22)34)20-9-7-6-8-10-20/h6-16,22,25H,1-5H3/b23-15+/t22-,25-/m0/s1. The lowest BCUT2D eigenvalue weighted by molar-refractivity contribution is -0.143. The van der Waals surface area contributed by atoms with Gasteiger partial charge in [-0.1, -0.05) is 41.7 Å². The number of allylic oxidation sites excluding steroid dienone is 1. The van der Waals surface area contributed by atoms with Crippen LogP contribution in [0.3, 0.4) is 0 Å². The van der Waals surface area contributed by atoms with Crippen LogP contribution in [0.25, 0.3) is 6.08 Å². The lowest BCUT2D eigenvalue weighted by Crippen LogP contribution is -2.40. The number of nitrogens with zero attached hydrogens (tertiary/aromatic N) is 4. The van der Waals surface area contributed by atoms with Gasteiger partial charge in [-0.25, -0.2) is 9.79 Å². The summed E-state index contributed by atoms with van der Waals surface area (Å²) in [4.78, 5) is 45.5. The fourth-order valence-electron chi connectivity index (χ4n) is 4.65. The summed E-state index contributed by atoms with van der Waals surface area (Å²) >= 11 is 1.18. The van der Waals surface area contributed by atoms with Gasteiger partial charge in [-0.2, -0.15) is 10.1 Å². The van der Waals surface area contributed by atoms with Crippen molar-refractivity contribution in [1.29, 1.82) is 0 Å². The molecule has 2 aliphatic heterocycles. The fraction of sp³-hybridized carbons (Fsp3) is 0.276. The van der Waals surface area contributed by atoms with E-state index in [1.54, 1.807) is 65.1 Å². The van der Waals surface area contributed by atoms with Crippen molar-refractivity contribution in [2.24, 2.45) is 16.0 Å². The third-order valence-electron chi connectivity index (χ3n) is 6.52. The molecule has 2 aromatic carbocycles. The molecule has 0 spiro atoms. The van der Waals surface area contributed by atoms with Crippen LogP contribution in [-0.2, 0) is 14.3 Å². The SMILES string of the molecule is COc1ccc([C@H]2C(C(=O)OC(C)C)=C(C)N=c3s/c(=C/[C@@H]4C(=O)N(c5ccccc5)N=C4C)c(=O)n32)cc1. The first kappa shape index (κ1) is 26.3. The van der Waals surface area contributed by atoms with E-state index in [-0.39, 0.29) is 23.1 Å². The van der Waals surface area contributed by atoms with Crippen LogP contribution < -0.4 is 24.6 Å². The van der Waals surface area contributed by atoms with Crippen LogP contribution in [-0.4, -0.2) is 35.4 Å². The number of fused-ring (bicyclic) bond motifs is 1. The molecule has 9 nitrogen and oxygen atoms in total. The highest BCUT2D eigenvalue weighted by Crippen LogP contribution is 2.32. The van der Waals surface area contributed by atoms with Crippen LogP contribution in [0.4, 0.5) is 5.69 Å². The Hall–Kier alpha value is -4.31. The van der Waals surface area contributed by atoms with Crippen molar-refractivity contribution < 1.29 is 19.1 Å². The van der Waals surface area contributed by atoms with E-state index < -0.39 is 17.9 Å². The quantitative estimate of drug-likeness (QED) is 0.444. The van der Waals surface area contributed by atoms with Gasteiger partial charge in [-0.15, -0.1) is 0 Å². The minimum absolute atomic E-state index is 0.242. The zero-order valence-electron chi connectivity index (χ0n) is 22.2. The molecule has 0 saturated heterocycles. The Kier molecular flexibility index (Phi) is 7.05. The number of carbonyl (C=O) groups is 2. The zero-order chi connectivity index (χ0) is 27.8. The van der Waals surface area contributed by atoms with E-state index in [0.29, 0.717) is 37.7 Å². The summed E-state index contributed by atoms with van der Waals surface area (Å²) in [5, 5.41) is 5.80. The molecule has 5 rings (SSSR count). The second-order valence-electron chi connectivity index (χ2n) is 9.54. The number of hydrogen-bond acceptors (Lipinski definition) is 8. The van der Waals surface area contributed by atoms with Crippen LogP contribution in [0.15, 0.2) is 80.8 Å². The Bertz CT molecular complexity index is 1680. The number of amides is 1. The Morgan fingerprint density at radius 1 is 1.05 bits per heavy atom. The third kappa shape index (κ3) is 4.83. The molecule has 3 heterocycles. The number of anilines is 1. The van der Waals surface area contributed by atoms with Gasteiger partial charge in [0.1, 0.15) is 11.7 Å². The third-order valence-corrected chi connectivity index (χ3v) is 7.52. The van der Waals surface area contributed by atoms with E-state index in [1.807, 2.05) is 30.3 Å². The van der Waals surface area contributed by atoms with E-state index in [4.69, 9.17) is 9.47 Å². The highest BCUT2D eigenvalue weighted by molar-refractivity contribution is 7.07. The molecule has 10 heteroatoms. The van der Waals surface area contributed by atoms with Gasteiger partial charge in [0.25, 0.3) is 11.5 Å². The van der Waals surface area contributed by atoms with Crippen LogP contribution in [0.5, 0.6) is 5.75 Å². The molecule has 0 N–H and O–H groups in total. The molecule has 0 bridgehead atoms. The average molecular weight is 545 g/mol. The Balaban J connectivity index is 1.62. The van der Waals surface area contributed by atoms with Gasteiger partial charge in [0.15, 0.2) is 4.80 Å². The Morgan fingerprint density at radius 2 is 1.74 bits per heavy atom. The van der Waals surface area contributed by atoms with Crippen molar-refractivity contribution in [2.75, 3.05) is 12.1 Å². The largest absolute Gasteiger partial charge is 0.497 e. The van der Waals surface area contributed by atoms with Gasteiger partial charge in [-0.3, -0.25) is 14.2 Å². The number of carbonyl (C=O) groups excluding carboxylic acids is 2. The number of ether oxygens (including phenoxy) is 2. The van der Waals surface area contributed by atoms with Gasteiger partial charge in [0.2, 0.25) is 0 Å². The van der Waals surface area contributed by atoms with Crippen LogP contribution in [0, 0.1) is 5.92 Å². The molecule has 1 amide bonds. The Labute approximate surface area is 229 Å². The fourth-order valence-corrected chi connectivity index (χ4v) is 5.71. The molecule has 0 aliphatic carbocycles. The van der Waals surface area contributed by atoms with Gasteiger partial charge in [0, 0.05) is 0 Å². The molecule has 39 heavy (non-hydrogen) atoms. The van der Waals surface area contributed by atoms with Gasteiger partial charge >= 0.3 is 5.97 Å². The smallest absolute Gasteiger partial charge is 0.338 e. The first-order chi connectivity index (χ1) is 18.7. The molecular formula is C29H28N4O5S. The summed E-state index contributed by atoms with van der Waals surface area (Å²) in [6.07, 6.45) is 1.30. The summed E-state index contributed by atoms with van der Waals surface area (Å²) in [7, 11) is 1.57. The number of esters is 1. The number of thiazole rings is 1. The highest BCUT2D eigenvalue weighted by atomic mass is 32.1. The predicted octanol–water partition coefficient (Wildman–Crippen LogP) is 3.19. The molecule has 1 aromatic heterocycles. The van der Waals surface area contributed by atoms with Crippen molar-refractivity contribution in [1.82, 2.24) is 4.57 Å². The van der Waals surface area contributed by atoms with Crippen molar-refractivity contribution in [2.45, 2.75) is 39.8 Å². The Morgan fingerprint density at radius 3 is 2.38 bits per heavy atom. The molecule has 2 atom stereocenters. The minimum Gasteiger partial charge on any atom is -0.497 e. The zero-order valence-corrected chi connectivity index (χ0v) is 23.1. The summed E-state index contributed by atoms with van der Waals surface area (Å²) in [6, 6.07) is 15.6. The van der Waals surface area contributed by atoms with Crippen molar-refractivity contribution in [3.05, 3.63) is 91.1 Å². The van der Waals surface area contributed by atoms with Crippen molar-refractivity contribution in [3.63, 3.8) is 0 Å². The van der Waals surface area contributed by atoms with E-state index in [1.165, 1.54) is 20.9 Å². The highest BCUT2D eigenvalue weighted by Gasteiger charge is 2.36. The van der Waals surface area contributed by atoms with E-state index in [9.17, 15) is 14.4 Å².